The minimum atomic E-state index is 0.385. The number of fused-ring (bicyclic) bond motifs is 2. The van der Waals surface area contributed by atoms with Crippen molar-refractivity contribution in [1.29, 1.82) is 0 Å². The fraction of sp³-hybridized carbons (Fsp3) is 0. The first kappa shape index (κ1) is 8.91. The number of benzene rings is 2. The first-order valence-corrected chi connectivity index (χ1v) is 4.91. The number of para-hydroxylation sites is 4. The van der Waals surface area contributed by atoms with Gasteiger partial charge in [-0.2, -0.15) is 0 Å². The summed E-state index contributed by atoms with van der Waals surface area (Å²) in [6.45, 7) is 0. The van der Waals surface area contributed by atoms with Crippen molar-refractivity contribution in [2.24, 2.45) is 0 Å². The van der Waals surface area contributed by atoms with Crippen LogP contribution >= 0.6 is 0 Å². The molecule has 0 aliphatic heterocycles. The van der Waals surface area contributed by atoms with Gasteiger partial charge in [-0.25, -0.2) is 0 Å². The van der Waals surface area contributed by atoms with Gasteiger partial charge in [-0.15, -0.1) is 0 Å². The van der Waals surface area contributed by atoms with Crippen LogP contribution in [-0.2, 0) is 0 Å². The molecule has 0 bridgehead atoms. The van der Waals surface area contributed by atoms with Crippen molar-refractivity contribution in [2.45, 2.75) is 0 Å². The van der Waals surface area contributed by atoms with Crippen LogP contribution in [0.25, 0.3) is 22.1 Å². The smallest absolute Gasteiger partial charge is 0.286 e. The number of nitrogens with zero attached hydrogens (tertiary/aromatic N) is 2. The van der Waals surface area contributed by atoms with Gasteiger partial charge in [0.05, 0.1) is 4.43 Å². The average Bonchev–Trinajstić information content (AvgIpc) is 2.36. The van der Waals surface area contributed by atoms with Crippen LogP contribution in [-0.4, -0.2) is 4.73 Å². The van der Waals surface area contributed by atoms with Crippen LogP contribution in [0.1, 0.15) is 0 Å². The predicted molar refractivity (Wildman–Crippen MR) is 61.6 cm³/mol. The van der Waals surface area contributed by atoms with Crippen molar-refractivity contribution in [3.05, 3.63) is 58.6 Å². The highest BCUT2D eigenvalue weighted by atomic mass is 16.7. The number of rotatable bonds is 0. The third-order valence-electron chi connectivity index (χ3n) is 2.64. The molecule has 0 saturated carbocycles. The second kappa shape index (κ2) is 3.06. The quantitative estimate of drug-likeness (QED) is 0.424. The van der Waals surface area contributed by atoms with E-state index in [1.54, 1.807) is 48.5 Å². The molecule has 4 nitrogen and oxygen atoms in total. The molecule has 0 radical (unpaired) electrons. The number of hydrogen-bond donors (Lipinski definition) is 0. The molecule has 0 fully saturated rings. The zero-order chi connectivity index (χ0) is 11.1. The molecule has 2 aromatic carbocycles. The minimum absolute atomic E-state index is 0.385. The fourth-order valence-corrected chi connectivity index (χ4v) is 1.87. The van der Waals surface area contributed by atoms with E-state index in [1.807, 2.05) is 0 Å². The molecule has 0 spiro atoms. The third kappa shape index (κ3) is 1.04. The molecule has 4 heteroatoms. The molecule has 0 N–H and O–H groups in total. The van der Waals surface area contributed by atoms with Gasteiger partial charge in [-0.05, 0) is 12.1 Å². The molecule has 1 aromatic heterocycles. The summed E-state index contributed by atoms with van der Waals surface area (Å²) in [5, 5.41) is 12.0. The van der Waals surface area contributed by atoms with Crippen molar-refractivity contribution in [3.63, 3.8) is 0 Å². The van der Waals surface area contributed by atoms with Crippen LogP contribution in [0.5, 0.6) is 0 Å². The lowest BCUT2D eigenvalue weighted by atomic mass is 10.3. The zero-order valence-electron chi connectivity index (χ0n) is 8.33. The van der Waals surface area contributed by atoms with Gasteiger partial charge < -0.3 is 9.94 Å². The maximum Gasteiger partial charge on any atom is 0.286 e. The lowest BCUT2D eigenvalue weighted by Crippen LogP contribution is -2.19. The summed E-state index contributed by atoms with van der Waals surface area (Å²) >= 11 is 0. The lowest BCUT2D eigenvalue weighted by molar-refractivity contribution is -0.432. The standard InChI is InChI=1S/C12H8N2O2/c15-13-9-5-1-2-6-10(9)14(16)12-8-4-3-7-11(12)13/h1-8H/i13+1,14+1. The molecule has 1 heterocycles. The Kier molecular flexibility index (Phi) is 1.71. The molecule has 0 unspecified atom stereocenters. The van der Waals surface area contributed by atoms with Gasteiger partial charge >= 0.3 is 0 Å². The van der Waals surface area contributed by atoms with Crippen LogP contribution in [0.2, 0.25) is 0 Å². The highest BCUT2D eigenvalue weighted by Crippen LogP contribution is 2.15. The van der Waals surface area contributed by atoms with E-state index in [0.717, 1.165) is 9.16 Å². The Morgan fingerprint density at radius 1 is 0.875 bits per heavy atom. The molecule has 78 valence electrons. The van der Waals surface area contributed by atoms with E-state index in [9.17, 15) is 10.1 Å². The van der Waals surface area contributed by atoms with Crippen molar-refractivity contribution >= 4 is 22.1 Å². The Balaban J connectivity index is 2.73. The van der Waals surface area contributed by atoms with Gasteiger partial charge in [0.2, 0.25) is 0 Å². The molecule has 16 heavy (non-hydrogen) atoms. The Morgan fingerprint density at radius 2 is 1.31 bits per heavy atom. The van der Waals surface area contributed by atoms with Gasteiger partial charge in [0.1, 0.15) is 11.0 Å². The molecule has 0 aliphatic rings. The SMILES string of the molecule is O=[15n+]1c2ccccc2[15n]([O-])c2ccccc21. The van der Waals surface area contributed by atoms with E-state index >= 15 is 0 Å². The van der Waals surface area contributed by atoms with Crippen LogP contribution in [0.15, 0.2) is 48.5 Å². The molecule has 0 amide bonds. The average molecular weight is 214 g/mol. The van der Waals surface area contributed by atoms with Crippen molar-refractivity contribution in [3.8, 4) is 0 Å². The highest BCUT2D eigenvalue weighted by molar-refractivity contribution is 5.82. The van der Waals surface area contributed by atoms with Crippen molar-refractivity contribution in [1.82, 2.24) is 4.73 Å². The van der Waals surface area contributed by atoms with Crippen LogP contribution in [0, 0.1) is 10.1 Å². The topological polar surface area (TPSA) is 51.0 Å². The largest absolute Gasteiger partial charge is 0.805 e. The predicted octanol–water partition coefficient (Wildman–Crippen LogP) is 2.05. The summed E-state index contributed by atoms with van der Waals surface area (Å²) in [6, 6.07) is 13.5. The molecule has 0 aliphatic carbocycles. The number of aromatic nitrogens is 2. The van der Waals surface area contributed by atoms with E-state index in [4.69, 9.17) is 0 Å². The summed E-state index contributed by atoms with van der Waals surface area (Å²) in [5.74, 6) is 0. The first-order valence-electron chi connectivity index (χ1n) is 4.91. The van der Waals surface area contributed by atoms with Crippen LogP contribution < -0.4 is 4.43 Å². The summed E-state index contributed by atoms with van der Waals surface area (Å²) < 4.78 is 1.58. The van der Waals surface area contributed by atoms with Crippen LogP contribution in [0.4, 0.5) is 0 Å². The summed E-state index contributed by atoms with van der Waals surface area (Å²) in [6.07, 6.45) is 0. The first-order chi connectivity index (χ1) is 7.79. The maximum absolute atomic E-state index is 12.0. The van der Waals surface area contributed by atoms with E-state index in [0.29, 0.717) is 22.1 Å². The molecule has 3 aromatic rings. The summed E-state index contributed by atoms with van der Waals surface area (Å²) in [5.41, 5.74) is 1.54. The van der Waals surface area contributed by atoms with Gasteiger partial charge in [-0.3, -0.25) is 0 Å². The molecular weight excluding hydrogens is 206 g/mol. The van der Waals surface area contributed by atoms with Gasteiger partial charge in [-0.1, -0.05) is 24.3 Å². The van der Waals surface area contributed by atoms with Gasteiger partial charge in [0.15, 0.2) is 0 Å². The van der Waals surface area contributed by atoms with Gasteiger partial charge in [0, 0.05) is 17.0 Å². The molecule has 3 rings (SSSR count). The fourth-order valence-electron chi connectivity index (χ4n) is 1.87. The monoisotopic (exact) mass is 214 g/mol. The molecule has 0 saturated heterocycles. The van der Waals surface area contributed by atoms with E-state index in [2.05, 4.69) is 0 Å². The third-order valence-corrected chi connectivity index (χ3v) is 2.64. The van der Waals surface area contributed by atoms with Crippen LogP contribution in [0.3, 0.4) is 0 Å². The zero-order valence-corrected chi connectivity index (χ0v) is 8.33. The minimum Gasteiger partial charge on any atom is -0.805 e. The Bertz CT molecular complexity index is 687. The van der Waals surface area contributed by atoms with Crippen molar-refractivity contribution in [2.75, 3.05) is 0 Å². The molecular formula is C12H8N2O2. The normalized spacial score (nSPS) is 11.0. The highest BCUT2D eigenvalue weighted by Gasteiger charge is 2.13. The number of hydrogen-bond acceptors (Lipinski definition) is 2. The Labute approximate surface area is 90.5 Å². The Hall–Kier alpha value is -2.36. The van der Waals surface area contributed by atoms with Crippen molar-refractivity contribution < 1.29 is 4.43 Å². The summed E-state index contributed by atoms with van der Waals surface area (Å²) in [7, 11) is 0. The van der Waals surface area contributed by atoms with E-state index in [-0.39, 0.29) is 0 Å². The molecule has 0 atom stereocenters. The second-order valence-electron chi connectivity index (χ2n) is 3.57. The van der Waals surface area contributed by atoms with E-state index < -0.39 is 0 Å². The maximum atomic E-state index is 12.0. The van der Waals surface area contributed by atoms with E-state index in [1.165, 1.54) is 0 Å². The Morgan fingerprint density at radius 3 is 1.81 bits per heavy atom. The second-order valence-corrected chi connectivity index (χ2v) is 3.57. The van der Waals surface area contributed by atoms with Gasteiger partial charge in [0.25, 0.3) is 11.0 Å². The lowest BCUT2D eigenvalue weighted by Gasteiger charge is -2.13. The summed E-state index contributed by atoms with van der Waals surface area (Å²) in [4.78, 5) is 12.0.